The monoisotopic (exact) mass is 318 g/mol. The van der Waals surface area contributed by atoms with Gasteiger partial charge in [-0.1, -0.05) is 22.0 Å². The largest absolute Gasteiger partial charge is 0.398 e. The highest BCUT2D eigenvalue weighted by Gasteiger charge is 2.07. The Morgan fingerprint density at radius 1 is 1.26 bits per heavy atom. The third kappa shape index (κ3) is 2.96. The van der Waals surface area contributed by atoms with Crippen LogP contribution in [0.25, 0.3) is 0 Å². The summed E-state index contributed by atoms with van der Waals surface area (Å²) in [5, 5.41) is 3.30. The molecule has 2 aromatic carbocycles. The molecule has 3 N–H and O–H groups in total. The number of hydrogen-bond acceptors (Lipinski definition) is 3. The highest BCUT2D eigenvalue weighted by molar-refractivity contribution is 9.10. The Bertz CT molecular complexity index is 638. The van der Waals surface area contributed by atoms with E-state index in [0.29, 0.717) is 11.3 Å². The molecular formula is C15H15BrN2O. The van der Waals surface area contributed by atoms with Gasteiger partial charge in [0.05, 0.1) is 0 Å². The van der Waals surface area contributed by atoms with Gasteiger partial charge < -0.3 is 11.1 Å². The summed E-state index contributed by atoms with van der Waals surface area (Å²) < 4.78 is 1.05. The maximum Gasteiger partial charge on any atom is 0.161 e. The third-order valence-corrected chi connectivity index (χ3v) is 3.84. The smallest absolute Gasteiger partial charge is 0.161 e. The highest BCUT2D eigenvalue weighted by Crippen LogP contribution is 2.28. The number of carbonyl (C=O) groups is 1. The van der Waals surface area contributed by atoms with Gasteiger partial charge in [0.25, 0.3) is 0 Å². The predicted molar refractivity (Wildman–Crippen MR) is 83.0 cm³/mol. The van der Waals surface area contributed by atoms with Crippen LogP contribution < -0.4 is 11.1 Å². The van der Waals surface area contributed by atoms with Crippen LogP contribution in [0.15, 0.2) is 40.9 Å². The summed E-state index contributed by atoms with van der Waals surface area (Å²) in [6.07, 6.45) is 0. The van der Waals surface area contributed by atoms with Crippen molar-refractivity contribution >= 4 is 38.8 Å². The van der Waals surface area contributed by atoms with Gasteiger partial charge in [-0.2, -0.15) is 0 Å². The molecule has 3 nitrogen and oxygen atoms in total. The van der Waals surface area contributed by atoms with Gasteiger partial charge in [0.1, 0.15) is 0 Å². The molecule has 0 unspecified atom stereocenters. The quantitative estimate of drug-likeness (QED) is 0.655. The maximum atomic E-state index is 11.3. The number of Topliss-reactive ketones (excluding diaryl/α,β-unsaturated/α-hetero) is 1. The molecule has 0 aliphatic heterocycles. The van der Waals surface area contributed by atoms with Gasteiger partial charge in [0, 0.05) is 27.1 Å². The number of nitrogen functional groups attached to an aromatic ring is 1. The van der Waals surface area contributed by atoms with Crippen molar-refractivity contribution in [3.63, 3.8) is 0 Å². The topological polar surface area (TPSA) is 55.1 Å². The first-order valence-electron chi connectivity index (χ1n) is 5.91. The molecule has 0 heterocycles. The van der Waals surface area contributed by atoms with E-state index in [0.717, 1.165) is 21.4 Å². The van der Waals surface area contributed by atoms with E-state index in [1.54, 1.807) is 12.1 Å². The summed E-state index contributed by atoms with van der Waals surface area (Å²) in [4.78, 5) is 11.3. The fourth-order valence-electron chi connectivity index (χ4n) is 1.86. The fraction of sp³-hybridized carbons (Fsp3) is 0.133. The molecule has 2 aromatic rings. The normalized spacial score (nSPS) is 10.3. The van der Waals surface area contributed by atoms with Crippen molar-refractivity contribution in [1.29, 1.82) is 0 Å². The molecule has 0 fully saturated rings. The standard InChI is InChI=1S/C15H15BrN2O/c1-9-13(16)4-3-5-15(9)18-11-6-7-12(10(2)19)14(17)8-11/h3-8,18H,17H2,1-2H3. The zero-order valence-electron chi connectivity index (χ0n) is 10.8. The van der Waals surface area contributed by atoms with Crippen LogP contribution in [0.1, 0.15) is 22.8 Å². The molecule has 19 heavy (non-hydrogen) atoms. The number of halogens is 1. The Hall–Kier alpha value is -1.81. The minimum absolute atomic E-state index is 0.0253. The average Bonchev–Trinajstić information content (AvgIpc) is 2.34. The number of hydrogen-bond donors (Lipinski definition) is 2. The second-order valence-electron chi connectivity index (χ2n) is 4.40. The van der Waals surface area contributed by atoms with Gasteiger partial charge in [-0.15, -0.1) is 0 Å². The molecule has 0 radical (unpaired) electrons. The molecule has 0 saturated heterocycles. The van der Waals surface area contributed by atoms with Gasteiger partial charge in [-0.05, 0) is 49.7 Å². The van der Waals surface area contributed by atoms with Crippen LogP contribution in [0.2, 0.25) is 0 Å². The van der Waals surface area contributed by atoms with E-state index in [9.17, 15) is 4.79 Å². The fourth-order valence-corrected chi connectivity index (χ4v) is 2.23. The van der Waals surface area contributed by atoms with Crippen molar-refractivity contribution in [2.24, 2.45) is 0 Å². The lowest BCUT2D eigenvalue weighted by atomic mass is 10.1. The minimum Gasteiger partial charge on any atom is -0.398 e. The molecule has 0 aromatic heterocycles. The molecule has 0 bridgehead atoms. The van der Waals surface area contributed by atoms with Gasteiger partial charge in [0.2, 0.25) is 0 Å². The zero-order valence-corrected chi connectivity index (χ0v) is 12.4. The molecule has 2 rings (SSSR count). The van der Waals surface area contributed by atoms with Crippen LogP contribution in [-0.2, 0) is 0 Å². The summed E-state index contributed by atoms with van der Waals surface area (Å²) in [7, 11) is 0. The van der Waals surface area contributed by atoms with Crippen molar-refractivity contribution < 1.29 is 4.79 Å². The van der Waals surface area contributed by atoms with E-state index in [2.05, 4.69) is 21.2 Å². The van der Waals surface area contributed by atoms with Crippen LogP contribution in [0.4, 0.5) is 17.1 Å². The maximum absolute atomic E-state index is 11.3. The number of ketones is 1. The van der Waals surface area contributed by atoms with Crippen LogP contribution >= 0.6 is 15.9 Å². The summed E-state index contributed by atoms with van der Waals surface area (Å²) in [5.41, 5.74) is 9.91. The number of benzene rings is 2. The SMILES string of the molecule is CC(=O)c1ccc(Nc2cccc(Br)c2C)cc1N. The van der Waals surface area contributed by atoms with E-state index in [4.69, 9.17) is 5.73 Å². The number of anilines is 3. The Balaban J connectivity index is 2.32. The van der Waals surface area contributed by atoms with E-state index in [1.165, 1.54) is 6.92 Å². The van der Waals surface area contributed by atoms with Crippen molar-refractivity contribution in [3.8, 4) is 0 Å². The van der Waals surface area contributed by atoms with Gasteiger partial charge in [-0.3, -0.25) is 4.79 Å². The van der Waals surface area contributed by atoms with E-state index >= 15 is 0 Å². The number of nitrogens with one attached hydrogen (secondary N) is 1. The van der Waals surface area contributed by atoms with Gasteiger partial charge >= 0.3 is 0 Å². The lowest BCUT2D eigenvalue weighted by Gasteiger charge is -2.12. The molecule has 98 valence electrons. The molecule has 0 amide bonds. The zero-order chi connectivity index (χ0) is 14.0. The second-order valence-corrected chi connectivity index (χ2v) is 5.25. The summed E-state index contributed by atoms with van der Waals surface area (Å²) in [5.74, 6) is -0.0253. The lowest BCUT2D eigenvalue weighted by Crippen LogP contribution is -2.01. The van der Waals surface area contributed by atoms with Crippen molar-refractivity contribution in [3.05, 3.63) is 52.0 Å². The molecule has 4 heteroatoms. The third-order valence-electron chi connectivity index (χ3n) is 2.98. The minimum atomic E-state index is -0.0253. The number of rotatable bonds is 3. The summed E-state index contributed by atoms with van der Waals surface area (Å²) in [6, 6.07) is 11.3. The Kier molecular flexibility index (Phi) is 3.90. The molecule has 0 spiro atoms. The molecule has 0 aliphatic rings. The summed E-state index contributed by atoms with van der Waals surface area (Å²) in [6.45, 7) is 3.54. The van der Waals surface area contributed by atoms with Crippen molar-refractivity contribution in [2.75, 3.05) is 11.1 Å². The van der Waals surface area contributed by atoms with E-state index in [1.807, 2.05) is 31.2 Å². The van der Waals surface area contributed by atoms with Gasteiger partial charge in [0.15, 0.2) is 5.78 Å². The number of carbonyl (C=O) groups excluding carboxylic acids is 1. The Morgan fingerprint density at radius 3 is 2.63 bits per heavy atom. The second kappa shape index (κ2) is 5.45. The van der Waals surface area contributed by atoms with Crippen LogP contribution in [0, 0.1) is 6.92 Å². The Morgan fingerprint density at radius 2 is 2.00 bits per heavy atom. The highest BCUT2D eigenvalue weighted by atomic mass is 79.9. The van der Waals surface area contributed by atoms with E-state index in [-0.39, 0.29) is 5.78 Å². The Labute approximate surface area is 121 Å². The van der Waals surface area contributed by atoms with Crippen LogP contribution in [0.3, 0.4) is 0 Å². The molecular weight excluding hydrogens is 304 g/mol. The molecule has 0 saturated carbocycles. The van der Waals surface area contributed by atoms with Crippen molar-refractivity contribution in [1.82, 2.24) is 0 Å². The first kappa shape index (κ1) is 13.6. The molecule has 0 aliphatic carbocycles. The lowest BCUT2D eigenvalue weighted by molar-refractivity contribution is 0.101. The summed E-state index contributed by atoms with van der Waals surface area (Å²) >= 11 is 3.50. The first-order chi connectivity index (χ1) is 8.99. The molecule has 0 atom stereocenters. The van der Waals surface area contributed by atoms with Crippen LogP contribution in [0.5, 0.6) is 0 Å². The van der Waals surface area contributed by atoms with Crippen LogP contribution in [-0.4, -0.2) is 5.78 Å². The average molecular weight is 319 g/mol. The van der Waals surface area contributed by atoms with E-state index < -0.39 is 0 Å². The first-order valence-corrected chi connectivity index (χ1v) is 6.71. The number of nitrogens with two attached hydrogens (primary N) is 1. The van der Waals surface area contributed by atoms with Gasteiger partial charge in [-0.25, -0.2) is 0 Å². The predicted octanol–water partition coefficient (Wildman–Crippen LogP) is 4.29. The van der Waals surface area contributed by atoms with Crippen molar-refractivity contribution in [2.45, 2.75) is 13.8 Å².